The van der Waals surface area contributed by atoms with E-state index in [1.165, 1.54) is 29.2 Å². The molecule has 35 heavy (non-hydrogen) atoms. The van der Waals surface area contributed by atoms with Gasteiger partial charge in [0.1, 0.15) is 11.7 Å². The van der Waals surface area contributed by atoms with Gasteiger partial charge in [-0.05, 0) is 48.7 Å². The summed E-state index contributed by atoms with van der Waals surface area (Å²) in [5, 5.41) is 3.67. The van der Waals surface area contributed by atoms with Crippen LogP contribution in [-0.2, 0) is 24.7 Å². The Bertz CT molecular complexity index is 1510. The summed E-state index contributed by atoms with van der Waals surface area (Å²) in [5.41, 5.74) is 0.340. The topological polar surface area (TPSA) is 130 Å². The highest BCUT2D eigenvalue weighted by molar-refractivity contribution is 7.94. The molecule has 1 saturated carbocycles. The maximum atomic E-state index is 14.0. The first-order valence-electron chi connectivity index (χ1n) is 10.9. The molecule has 0 radical (unpaired) electrons. The summed E-state index contributed by atoms with van der Waals surface area (Å²) in [4.78, 5) is 28.1. The summed E-state index contributed by atoms with van der Waals surface area (Å²) in [6, 6.07) is 7.52. The van der Waals surface area contributed by atoms with Crippen LogP contribution in [0.5, 0.6) is 0 Å². The summed E-state index contributed by atoms with van der Waals surface area (Å²) in [6.07, 6.45) is 3.80. The number of ketones is 1. The number of anilines is 3. The molecule has 2 heterocycles. The molecule has 0 aromatic heterocycles. The number of rotatable bonds is 6. The van der Waals surface area contributed by atoms with Crippen molar-refractivity contribution in [2.45, 2.75) is 24.2 Å². The van der Waals surface area contributed by atoms with E-state index in [4.69, 9.17) is 0 Å². The molecule has 3 aliphatic rings. The van der Waals surface area contributed by atoms with Crippen molar-refractivity contribution >= 4 is 48.6 Å². The minimum Gasteiger partial charge on any atom is -0.356 e. The Morgan fingerprint density at radius 2 is 1.89 bits per heavy atom. The molecule has 1 atom stereocenters. The quantitative estimate of drug-likeness (QED) is 0.562. The van der Waals surface area contributed by atoms with E-state index >= 15 is 0 Å². The van der Waals surface area contributed by atoms with Crippen molar-refractivity contribution in [3.8, 4) is 0 Å². The van der Waals surface area contributed by atoms with Gasteiger partial charge >= 0.3 is 0 Å². The summed E-state index contributed by atoms with van der Waals surface area (Å²) < 4.78 is 65.4. The van der Waals surface area contributed by atoms with E-state index in [0.29, 0.717) is 18.2 Å². The van der Waals surface area contributed by atoms with Crippen LogP contribution in [-0.4, -0.2) is 41.3 Å². The average Bonchev–Trinajstić information content (AvgIpc) is 3.57. The minimum absolute atomic E-state index is 0.0176. The SMILES string of the molecule is CS(=O)(=O)Nc1ccc2c(c1)S(=O)(=O)C=C(C1C(=O)c3cc(F)ccc3N(CCC3CC3)C1=O)N2. The van der Waals surface area contributed by atoms with Gasteiger partial charge in [0.2, 0.25) is 25.8 Å². The summed E-state index contributed by atoms with van der Waals surface area (Å²) in [6.45, 7) is 0.336. The smallest absolute Gasteiger partial charge is 0.244 e. The third kappa shape index (κ3) is 4.55. The van der Waals surface area contributed by atoms with Crippen LogP contribution < -0.4 is 14.9 Å². The van der Waals surface area contributed by atoms with Crippen molar-refractivity contribution in [3.05, 3.63) is 58.9 Å². The van der Waals surface area contributed by atoms with E-state index in [1.807, 2.05) is 0 Å². The van der Waals surface area contributed by atoms with Crippen LogP contribution >= 0.6 is 0 Å². The van der Waals surface area contributed by atoms with Gasteiger partial charge in [-0.3, -0.25) is 14.3 Å². The molecule has 12 heteroatoms. The zero-order chi connectivity index (χ0) is 25.1. The summed E-state index contributed by atoms with van der Waals surface area (Å²) in [5.74, 6) is -2.90. The lowest BCUT2D eigenvalue weighted by molar-refractivity contribution is -0.120. The van der Waals surface area contributed by atoms with E-state index in [9.17, 15) is 30.8 Å². The number of sulfonamides is 1. The predicted octanol–water partition coefficient (Wildman–Crippen LogP) is 2.88. The molecule has 5 rings (SSSR count). The number of fused-ring (bicyclic) bond motifs is 2. The molecule has 2 aliphatic heterocycles. The van der Waals surface area contributed by atoms with Crippen molar-refractivity contribution in [1.82, 2.24) is 0 Å². The van der Waals surface area contributed by atoms with Gasteiger partial charge in [-0.15, -0.1) is 0 Å². The third-order valence-electron chi connectivity index (χ3n) is 6.21. The van der Waals surface area contributed by atoms with Crippen LogP contribution in [0, 0.1) is 17.7 Å². The molecule has 1 aliphatic carbocycles. The number of hydrogen-bond acceptors (Lipinski definition) is 7. The summed E-state index contributed by atoms with van der Waals surface area (Å²) in [7, 11) is -7.78. The van der Waals surface area contributed by atoms with E-state index < -0.39 is 43.3 Å². The third-order valence-corrected chi connectivity index (χ3v) is 8.33. The molecule has 0 spiro atoms. The largest absolute Gasteiger partial charge is 0.356 e. The van der Waals surface area contributed by atoms with Gasteiger partial charge in [-0.25, -0.2) is 21.2 Å². The Hall–Kier alpha value is -3.25. The molecular formula is C23H22FN3O6S2. The zero-order valence-electron chi connectivity index (χ0n) is 18.6. The number of halogens is 1. The highest BCUT2D eigenvalue weighted by atomic mass is 32.2. The van der Waals surface area contributed by atoms with Crippen LogP contribution in [0.2, 0.25) is 0 Å². The highest BCUT2D eigenvalue weighted by Crippen LogP contribution is 2.40. The van der Waals surface area contributed by atoms with Crippen LogP contribution in [0.25, 0.3) is 0 Å². The molecule has 1 unspecified atom stereocenters. The number of hydrogen-bond donors (Lipinski definition) is 2. The van der Waals surface area contributed by atoms with Gasteiger partial charge in [0.15, 0.2) is 5.78 Å². The van der Waals surface area contributed by atoms with Crippen molar-refractivity contribution in [1.29, 1.82) is 0 Å². The maximum absolute atomic E-state index is 14.0. The Balaban J connectivity index is 1.54. The normalized spacial score (nSPS) is 21.0. The maximum Gasteiger partial charge on any atom is 0.244 e. The van der Waals surface area contributed by atoms with Crippen LogP contribution in [0.3, 0.4) is 0 Å². The van der Waals surface area contributed by atoms with Crippen molar-refractivity contribution < 1.29 is 30.8 Å². The first-order chi connectivity index (χ1) is 16.4. The second-order valence-electron chi connectivity index (χ2n) is 9.01. The monoisotopic (exact) mass is 519 g/mol. The van der Waals surface area contributed by atoms with Crippen LogP contribution in [0.15, 0.2) is 52.4 Å². The van der Waals surface area contributed by atoms with E-state index in [2.05, 4.69) is 10.0 Å². The van der Waals surface area contributed by atoms with E-state index in [-0.39, 0.29) is 27.5 Å². The molecule has 9 nitrogen and oxygen atoms in total. The number of carbonyl (C=O) groups excluding carboxylic acids is 2. The fraction of sp³-hybridized carbons (Fsp3) is 0.304. The predicted molar refractivity (Wildman–Crippen MR) is 128 cm³/mol. The Morgan fingerprint density at radius 3 is 2.57 bits per heavy atom. The van der Waals surface area contributed by atoms with Crippen molar-refractivity contribution in [2.24, 2.45) is 11.8 Å². The number of amides is 1. The second kappa shape index (κ2) is 8.16. The molecule has 1 fully saturated rings. The minimum atomic E-state index is -4.14. The Morgan fingerprint density at radius 1 is 1.14 bits per heavy atom. The van der Waals surface area contributed by atoms with Crippen LogP contribution in [0.4, 0.5) is 21.5 Å². The van der Waals surface area contributed by atoms with Gasteiger partial charge in [0, 0.05) is 23.5 Å². The lowest BCUT2D eigenvalue weighted by atomic mass is 9.87. The standard InChI is InChI=1S/C23H22FN3O6S2/c1-34(30,31)26-15-5-6-17-20(11-15)35(32,33)12-18(25-17)21-22(28)16-10-14(24)4-7-19(16)27(23(21)29)9-8-13-2-3-13/h4-7,10-13,21,25-26H,2-3,8-9H2,1H3. The number of sulfone groups is 1. The van der Waals surface area contributed by atoms with E-state index in [1.54, 1.807) is 0 Å². The van der Waals surface area contributed by atoms with E-state index in [0.717, 1.165) is 43.1 Å². The number of Topliss-reactive ketones (excluding diaryl/α,β-unsaturated/α-hetero) is 1. The van der Waals surface area contributed by atoms with Crippen molar-refractivity contribution in [3.63, 3.8) is 0 Å². The number of nitrogens with zero attached hydrogens (tertiary/aromatic N) is 1. The lowest BCUT2D eigenvalue weighted by Gasteiger charge is -2.35. The van der Waals surface area contributed by atoms with Crippen LogP contribution in [0.1, 0.15) is 29.6 Å². The number of nitrogens with one attached hydrogen (secondary N) is 2. The highest BCUT2D eigenvalue weighted by Gasteiger charge is 2.44. The van der Waals surface area contributed by atoms with Crippen molar-refractivity contribution in [2.75, 3.05) is 27.7 Å². The van der Waals surface area contributed by atoms with Gasteiger partial charge < -0.3 is 10.2 Å². The Kier molecular flexibility index (Phi) is 5.48. The van der Waals surface area contributed by atoms with Gasteiger partial charge in [-0.2, -0.15) is 0 Å². The molecule has 184 valence electrons. The van der Waals surface area contributed by atoms with Gasteiger partial charge in [0.25, 0.3) is 0 Å². The molecule has 0 bridgehead atoms. The fourth-order valence-corrected chi connectivity index (χ4v) is 6.33. The number of carbonyl (C=O) groups is 2. The first kappa shape index (κ1) is 23.5. The molecule has 2 N–H and O–H groups in total. The van der Waals surface area contributed by atoms with Gasteiger partial charge in [0.05, 0.1) is 27.9 Å². The Labute approximate surface area is 202 Å². The average molecular weight is 520 g/mol. The summed E-state index contributed by atoms with van der Waals surface area (Å²) >= 11 is 0. The molecule has 2 aromatic rings. The molecule has 1 amide bonds. The molecule has 0 saturated heterocycles. The molecular weight excluding hydrogens is 497 g/mol. The number of benzene rings is 2. The zero-order valence-corrected chi connectivity index (χ0v) is 20.2. The second-order valence-corrected chi connectivity index (χ2v) is 12.5. The lowest BCUT2D eigenvalue weighted by Crippen LogP contribution is -2.47. The fourth-order valence-electron chi connectivity index (χ4n) is 4.40. The first-order valence-corrected chi connectivity index (χ1v) is 14.4. The van der Waals surface area contributed by atoms with Gasteiger partial charge in [-0.1, -0.05) is 12.8 Å². The molecule has 2 aromatic carbocycles.